The number of H-pyrrole nitrogens is 1. The number of nitrogens with zero attached hydrogens (tertiary/aromatic N) is 4. The lowest BCUT2D eigenvalue weighted by Crippen LogP contribution is -2.05. The van der Waals surface area contributed by atoms with Gasteiger partial charge in [0.15, 0.2) is 0 Å². The number of fused-ring (bicyclic) bond motifs is 1. The van der Waals surface area contributed by atoms with Gasteiger partial charge in [-0.05, 0) is 56.2 Å². The van der Waals surface area contributed by atoms with Crippen LogP contribution in [0.2, 0.25) is 0 Å². The maximum Gasteiger partial charge on any atom is 0.306 e. The van der Waals surface area contributed by atoms with Gasteiger partial charge in [-0.3, -0.25) is 19.9 Å². The van der Waals surface area contributed by atoms with Gasteiger partial charge < -0.3 is 4.74 Å². The van der Waals surface area contributed by atoms with E-state index in [1.807, 2.05) is 49.5 Å². The van der Waals surface area contributed by atoms with Crippen LogP contribution >= 0.6 is 0 Å². The third kappa shape index (κ3) is 3.99. The van der Waals surface area contributed by atoms with E-state index >= 15 is 0 Å². The summed E-state index contributed by atoms with van der Waals surface area (Å²) in [6, 6.07) is 11.6. The van der Waals surface area contributed by atoms with Crippen LogP contribution in [-0.2, 0) is 16.0 Å². The highest BCUT2D eigenvalue weighted by Gasteiger charge is 2.15. The van der Waals surface area contributed by atoms with E-state index in [9.17, 15) is 4.79 Å². The van der Waals surface area contributed by atoms with Crippen molar-refractivity contribution >= 4 is 17.0 Å². The lowest BCUT2D eigenvalue weighted by atomic mass is 10.1. The first-order valence-corrected chi connectivity index (χ1v) is 9.54. The molecule has 0 atom stereocenters. The van der Waals surface area contributed by atoms with Gasteiger partial charge >= 0.3 is 5.97 Å². The van der Waals surface area contributed by atoms with Crippen molar-refractivity contribution in [3.8, 4) is 22.6 Å². The smallest absolute Gasteiger partial charge is 0.306 e. The molecular weight excluding hydrogens is 366 g/mol. The predicted octanol–water partition coefficient (Wildman–Crippen LogP) is 3.89. The fourth-order valence-electron chi connectivity index (χ4n) is 3.26. The predicted molar refractivity (Wildman–Crippen MR) is 110 cm³/mol. The summed E-state index contributed by atoms with van der Waals surface area (Å²) < 4.78 is 5.04. The number of ether oxygens (including phenoxy) is 1. The molecule has 0 fully saturated rings. The van der Waals surface area contributed by atoms with Crippen LogP contribution < -0.4 is 0 Å². The van der Waals surface area contributed by atoms with Gasteiger partial charge in [-0.15, -0.1) is 0 Å². The molecule has 29 heavy (non-hydrogen) atoms. The van der Waals surface area contributed by atoms with Gasteiger partial charge in [0.2, 0.25) is 0 Å². The van der Waals surface area contributed by atoms with E-state index in [-0.39, 0.29) is 5.97 Å². The summed E-state index contributed by atoms with van der Waals surface area (Å²) >= 11 is 0. The van der Waals surface area contributed by atoms with Crippen molar-refractivity contribution in [3.05, 3.63) is 60.0 Å². The fourth-order valence-corrected chi connectivity index (χ4v) is 3.26. The van der Waals surface area contributed by atoms with Crippen molar-refractivity contribution < 1.29 is 9.53 Å². The molecule has 4 aromatic heterocycles. The normalized spacial score (nSPS) is 11.0. The Morgan fingerprint density at radius 1 is 1.10 bits per heavy atom. The fraction of sp³-hybridized carbons (Fsp3) is 0.227. The molecule has 146 valence electrons. The number of aromatic amines is 1. The van der Waals surface area contributed by atoms with Crippen molar-refractivity contribution in [3.63, 3.8) is 0 Å². The number of aryl methyl sites for hydroxylation is 2. The minimum atomic E-state index is -0.212. The third-order valence-electron chi connectivity index (χ3n) is 4.62. The average Bonchev–Trinajstić information content (AvgIpc) is 3.22. The molecule has 0 bridgehead atoms. The minimum Gasteiger partial charge on any atom is -0.466 e. The number of hydrogen-bond acceptors (Lipinski definition) is 6. The molecule has 0 aliphatic rings. The molecule has 0 spiro atoms. The Labute approximate surface area is 168 Å². The Morgan fingerprint density at radius 3 is 2.83 bits per heavy atom. The van der Waals surface area contributed by atoms with Crippen LogP contribution in [0.4, 0.5) is 0 Å². The van der Waals surface area contributed by atoms with Gasteiger partial charge in [0.1, 0.15) is 5.69 Å². The summed E-state index contributed by atoms with van der Waals surface area (Å²) in [7, 11) is 0. The van der Waals surface area contributed by atoms with E-state index in [1.165, 1.54) is 0 Å². The second-order valence-corrected chi connectivity index (χ2v) is 6.65. The number of rotatable bonds is 6. The number of carbonyl (C=O) groups excluding carboxylic acids is 1. The maximum absolute atomic E-state index is 11.8. The summed E-state index contributed by atoms with van der Waals surface area (Å²) in [4.78, 5) is 25.6. The highest BCUT2D eigenvalue weighted by atomic mass is 16.5. The van der Waals surface area contributed by atoms with E-state index in [1.54, 1.807) is 13.1 Å². The Morgan fingerprint density at radius 2 is 2.00 bits per heavy atom. The number of esters is 1. The number of aromatic nitrogens is 5. The molecule has 0 amide bonds. The second-order valence-electron chi connectivity index (χ2n) is 6.65. The van der Waals surface area contributed by atoms with Crippen molar-refractivity contribution in [2.75, 3.05) is 6.61 Å². The van der Waals surface area contributed by atoms with E-state index < -0.39 is 0 Å². The van der Waals surface area contributed by atoms with Gasteiger partial charge in [-0.25, -0.2) is 4.98 Å². The zero-order valence-corrected chi connectivity index (χ0v) is 16.3. The molecule has 0 unspecified atom stereocenters. The first kappa shape index (κ1) is 18.7. The quantitative estimate of drug-likeness (QED) is 0.505. The second kappa shape index (κ2) is 8.18. The number of pyridine rings is 3. The largest absolute Gasteiger partial charge is 0.466 e. The van der Waals surface area contributed by atoms with E-state index in [0.29, 0.717) is 19.4 Å². The van der Waals surface area contributed by atoms with Crippen molar-refractivity contribution in [2.45, 2.75) is 26.7 Å². The number of carbonyl (C=O) groups is 1. The summed E-state index contributed by atoms with van der Waals surface area (Å²) in [6.07, 6.45) is 4.42. The van der Waals surface area contributed by atoms with Crippen LogP contribution in [0.25, 0.3) is 33.7 Å². The number of hydrogen-bond donors (Lipinski definition) is 1. The molecule has 7 heteroatoms. The Bertz CT molecular complexity index is 1170. The first-order chi connectivity index (χ1) is 14.2. The summed E-state index contributed by atoms with van der Waals surface area (Å²) in [5.41, 5.74) is 6.62. The standard InChI is InChI=1S/C22H21N5O2/c1-3-29-20(28)10-7-15-11-12-23-18-9-8-17(26-21(15)18)16-13-24-27-22(16)19-6-4-5-14(2)25-19/h4-6,8-9,11-13H,3,7,10H2,1-2H3,(H,24,27). The molecule has 0 radical (unpaired) electrons. The molecule has 0 saturated carbocycles. The van der Waals surface area contributed by atoms with Crippen LogP contribution in [0, 0.1) is 6.92 Å². The molecule has 0 aromatic carbocycles. The van der Waals surface area contributed by atoms with Crippen LogP contribution in [0.15, 0.2) is 48.8 Å². The molecule has 7 nitrogen and oxygen atoms in total. The molecule has 4 rings (SSSR count). The van der Waals surface area contributed by atoms with Gasteiger partial charge in [0.25, 0.3) is 0 Å². The minimum absolute atomic E-state index is 0.212. The average molecular weight is 387 g/mol. The zero-order valence-electron chi connectivity index (χ0n) is 16.3. The van der Waals surface area contributed by atoms with E-state index in [2.05, 4.69) is 20.2 Å². The maximum atomic E-state index is 11.8. The third-order valence-corrected chi connectivity index (χ3v) is 4.62. The Kier molecular flexibility index (Phi) is 5.29. The first-order valence-electron chi connectivity index (χ1n) is 9.54. The van der Waals surface area contributed by atoms with Gasteiger partial charge in [-0.2, -0.15) is 5.10 Å². The Hall–Kier alpha value is -3.61. The summed E-state index contributed by atoms with van der Waals surface area (Å²) in [5.74, 6) is -0.212. The van der Waals surface area contributed by atoms with E-state index in [0.717, 1.165) is 44.9 Å². The van der Waals surface area contributed by atoms with Gasteiger partial charge in [0, 0.05) is 30.1 Å². The lowest BCUT2D eigenvalue weighted by Gasteiger charge is -2.08. The number of nitrogens with one attached hydrogen (secondary N) is 1. The van der Waals surface area contributed by atoms with Crippen LogP contribution in [-0.4, -0.2) is 37.7 Å². The Balaban J connectivity index is 1.72. The highest BCUT2D eigenvalue weighted by molar-refractivity contribution is 5.84. The summed E-state index contributed by atoms with van der Waals surface area (Å²) in [5, 5.41) is 7.31. The highest BCUT2D eigenvalue weighted by Crippen LogP contribution is 2.29. The summed E-state index contributed by atoms with van der Waals surface area (Å²) in [6.45, 7) is 4.14. The van der Waals surface area contributed by atoms with Gasteiger partial charge in [0.05, 0.1) is 29.0 Å². The van der Waals surface area contributed by atoms with Crippen LogP contribution in [0.3, 0.4) is 0 Å². The topological polar surface area (TPSA) is 93.7 Å². The molecule has 0 aliphatic heterocycles. The van der Waals surface area contributed by atoms with Gasteiger partial charge in [-0.1, -0.05) is 6.07 Å². The van der Waals surface area contributed by atoms with Crippen molar-refractivity contribution in [1.29, 1.82) is 0 Å². The molecular formula is C22H21N5O2. The molecule has 1 N–H and O–H groups in total. The van der Waals surface area contributed by atoms with Crippen molar-refractivity contribution in [2.24, 2.45) is 0 Å². The molecule has 0 aliphatic carbocycles. The lowest BCUT2D eigenvalue weighted by molar-refractivity contribution is -0.143. The molecule has 4 aromatic rings. The SMILES string of the molecule is CCOC(=O)CCc1ccnc2ccc(-c3c[nH]nc3-c3cccc(C)n3)nc12. The zero-order chi connectivity index (χ0) is 20.2. The van der Waals surface area contributed by atoms with Crippen LogP contribution in [0.5, 0.6) is 0 Å². The molecule has 0 saturated heterocycles. The van der Waals surface area contributed by atoms with Crippen LogP contribution in [0.1, 0.15) is 24.6 Å². The van der Waals surface area contributed by atoms with Crippen molar-refractivity contribution in [1.82, 2.24) is 25.1 Å². The monoisotopic (exact) mass is 387 g/mol. The van der Waals surface area contributed by atoms with E-state index in [4.69, 9.17) is 9.72 Å². The molecule has 4 heterocycles.